The predicted molar refractivity (Wildman–Crippen MR) is 96.3 cm³/mol. The zero-order valence-corrected chi connectivity index (χ0v) is 14.7. The molecule has 2 amide bonds. The average molecular weight is 343 g/mol. The Bertz CT molecular complexity index is 792. The average Bonchev–Trinajstić information content (AvgIpc) is 3.17. The molecule has 126 valence electrons. The molecule has 0 aliphatic rings. The van der Waals surface area contributed by atoms with Crippen LogP contribution in [0.1, 0.15) is 10.8 Å². The van der Waals surface area contributed by atoms with Gasteiger partial charge in [0.05, 0.1) is 15.2 Å². The maximum Gasteiger partial charge on any atom is 0.317 e. The first-order valence-corrected chi connectivity index (χ1v) is 8.76. The van der Waals surface area contributed by atoms with Crippen molar-refractivity contribution in [2.75, 3.05) is 20.1 Å². The van der Waals surface area contributed by atoms with Crippen LogP contribution in [0.4, 0.5) is 4.79 Å². The lowest BCUT2D eigenvalue weighted by Gasteiger charge is -2.18. The van der Waals surface area contributed by atoms with Crippen molar-refractivity contribution in [3.05, 3.63) is 47.5 Å². The van der Waals surface area contributed by atoms with E-state index in [1.165, 1.54) is 4.70 Å². The standard InChI is InChI=1S/C17H21N5OS/c1-13-18-9-10-22(13)12-11-21(2)17(23)19-8-7-16-20-14-5-3-4-6-15(14)24-16/h3-6,9-10H,7-8,11-12H2,1-2H3,(H,19,23). The Kier molecular flexibility index (Phi) is 5.10. The summed E-state index contributed by atoms with van der Waals surface area (Å²) in [5.74, 6) is 0.958. The summed E-state index contributed by atoms with van der Waals surface area (Å²) in [6.45, 7) is 3.93. The molecule has 0 radical (unpaired) electrons. The van der Waals surface area contributed by atoms with Gasteiger partial charge in [0, 0.05) is 45.5 Å². The number of benzene rings is 1. The summed E-state index contributed by atoms with van der Waals surface area (Å²) in [5.41, 5.74) is 1.02. The van der Waals surface area contributed by atoms with Gasteiger partial charge < -0.3 is 14.8 Å². The molecule has 7 heteroatoms. The van der Waals surface area contributed by atoms with Crippen molar-refractivity contribution in [2.45, 2.75) is 19.9 Å². The molecule has 0 fully saturated rings. The lowest BCUT2D eigenvalue weighted by atomic mass is 10.3. The van der Waals surface area contributed by atoms with Gasteiger partial charge in [-0.2, -0.15) is 0 Å². The zero-order valence-electron chi connectivity index (χ0n) is 13.9. The van der Waals surface area contributed by atoms with E-state index in [0.717, 1.165) is 29.3 Å². The number of carbonyl (C=O) groups excluding carboxylic acids is 1. The fraction of sp³-hybridized carbons (Fsp3) is 0.353. The number of amides is 2. The van der Waals surface area contributed by atoms with Crippen LogP contribution in [-0.4, -0.2) is 45.6 Å². The van der Waals surface area contributed by atoms with E-state index >= 15 is 0 Å². The molecule has 0 saturated carbocycles. The number of fused-ring (bicyclic) bond motifs is 1. The lowest BCUT2D eigenvalue weighted by molar-refractivity contribution is 0.207. The number of rotatable bonds is 6. The number of para-hydroxylation sites is 1. The maximum atomic E-state index is 12.1. The Balaban J connectivity index is 1.43. The van der Waals surface area contributed by atoms with Crippen LogP contribution in [0.2, 0.25) is 0 Å². The van der Waals surface area contributed by atoms with E-state index in [1.807, 2.05) is 35.9 Å². The minimum absolute atomic E-state index is 0.0612. The first kappa shape index (κ1) is 16.4. The summed E-state index contributed by atoms with van der Waals surface area (Å²) in [7, 11) is 1.80. The third-order valence-electron chi connectivity index (χ3n) is 3.90. The maximum absolute atomic E-state index is 12.1. The van der Waals surface area contributed by atoms with Crippen molar-refractivity contribution in [1.82, 2.24) is 24.8 Å². The minimum Gasteiger partial charge on any atom is -0.338 e. The molecule has 2 heterocycles. The molecule has 0 spiro atoms. The van der Waals surface area contributed by atoms with Gasteiger partial charge in [0.25, 0.3) is 0 Å². The summed E-state index contributed by atoms with van der Waals surface area (Å²) in [6, 6.07) is 8.03. The van der Waals surface area contributed by atoms with Gasteiger partial charge in [-0.25, -0.2) is 14.8 Å². The van der Waals surface area contributed by atoms with E-state index in [2.05, 4.69) is 21.4 Å². The molecule has 0 atom stereocenters. The predicted octanol–water partition coefficient (Wildman–Crippen LogP) is 2.69. The van der Waals surface area contributed by atoms with Gasteiger partial charge in [0.2, 0.25) is 0 Å². The van der Waals surface area contributed by atoms with Crippen LogP contribution in [0.3, 0.4) is 0 Å². The van der Waals surface area contributed by atoms with Crippen LogP contribution in [0.25, 0.3) is 10.2 Å². The van der Waals surface area contributed by atoms with Crippen LogP contribution < -0.4 is 5.32 Å². The van der Waals surface area contributed by atoms with Gasteiger partial charge >= 0.3 is 6.03 Å². The van der Waals surface area contributed by atoms with E-state index in [4.69, 9.17) is 0 Å². The smallest absolute Gasteiger partial charge is 0.317 e. The highest BCUT2D eigenvalue weighted by Gasteiger charge is 2.09. The Labute approximate surface area is 145 Å². The molecular formula is C17H21N5OS. The van der Waals surface area contributed by atoms with Crippen LogP contribution in [0, 0.1) is 6.92 Å². The first-order valence-electron chi connectivity index (χ1n) is 7.94. The van der Waals surface area contributed by atoms with Gasteiger partial charge in [-0.1, -0.05) is 12.1 Å². The molecule has 0 unspecified atom stereocenters. The molecule has 3 rings (SSSR count). The zero-order chi connectivity index (χ0) is 16.9. The highest BCUT2D eigenvalue weighted by atomic mass is 32.1. The summed E-state index contributed by atoms with van der Waals surface area (Å²) >= 11 is 1.68. The molecule has 1 N–H and O–H groups in total. The number of nitrogens with one attached hydrogen (secondary N) is 1. The quantitative estimate of drug-likeness (QED) is 0.748. The van der Waals surface area contributed by atoms with Crippen LogP contribution in [-0.2, 0) is 13.0 Å². The Morgan fingerprint density at radius 1 is 1.38 bits per heavy atom. The van der Waals surface area contributed by atoms with Crippen LogP contribution in [0.5, 0.6) is 0 Å². The van der Waals surface area contributed by atoms with Crippen molar-refractivity contribution < 1.29 is 4.79 Å². The normalized spacial score (nSPS) is 10.9. The van der Waals surface area contributed by atoms with E-state index in [0.29, 0.717) is 13.1 Å². The van der Waals surface area contributed by atoms with Gasteiger partial charge in [0.1, 0.15) is 5.82 Å². The number of aryl methyl sites for hydroxylation is 1. The van der Waals surface area contributed by atoms with Crippen molar-refractivity contribution in [2.24, 2.45) is 0 Å². The van der Waals surface area contributed by atoms with E-state index < -0.39 is 0 Å². The first-order chi connectivity index (χ1) is 11.6. The molecule has 3 aromatic rings. The molecule has 0 aliphatic heterocycles. The van der Waals surface area contributed by atoms with E-state index in [9.17, 15) is 4.79 Å². The molecule has 0 aliphatic carbocycles. The van der Waals surface area contributed by atoms with Gasteiger partial charge in [0.15, 0.2) is 0 Å². The topological polar surface area (TPSA) is 63.1 Å². The summed E-state index contributed by atoms with van der Waals surface area (Å²) in [5, 5.41) is 4.00. The van der Waals surface area contributed by atoms with Gasteiger partial charge in [-0.3, -0.25) is 0 Å². The largest absolute Gasteiger partial charge is 0.338 e. The van der Waals surface area contributed by atoms with Gasteiger partial charge in [-0.15, -0.1) is 11.3 Å². The fourth-order valence-electron chi connectivity index (χ4n) is 2.44. The number of carbonyl (C=O) groups is 1. The number of thiazole rings is 1. The van der Waals surface area contributed by atoms with Crippen LogP contribution >= 0.6 is 11.3 Å². The number of imidazole rings is 1. The van der Waals surface area contributed by atoms with Crippen molar-refractivity contribution in [1.29, 1.82) is 0 Å². The monoisotopic (exact) mass is 343 g/mol. The second-order valence-electron chi connectivity index (χ2n) is 5.65. The molecule has 1 aromatic carbocycles. The number of nitrogens with zero attached hydrogens (tertiary/aromatic N) is 4. The summed E-state index contributed by atoms with van der Waals surface area (Å²) in [4.78, 5) is 22.6. The van der Waals surface area contributed by atoms with Crippen molar-refractivity contribution >= 4 is 27.6 Å². The molecular weight excluding hydrogens is 322 g/mol. The van der Waals surface area contributed by atoms with E-state index in [1.54, 1.807) is 29.5 Å². The number of likely N-dealkylation sites (N-methyl/N-ethyl adjacent to an activating group) is 1. The minimum atomic E-state index is -0.0612. The highest BCUT2D eigenvalue weighted by Crippen LogP contribution is 2.21. The van der Waals surface area contributed by atoms with Crippen molar-refractivity contribution in [3.8, 4) is 0 Å². The van der Waals surface area contributed by atoms with Crippen molar-refractivity contribution in [3.63, 3.8) is 0 Å². The number of hydrogen-bond acceptors (Lipinski definition) is 4. The molecule has 24 heavy (non-hydrogen) atoms. The van der Waals surface area contributed by atoms with Crippen LogP contribution in [0.15, 0.2) is 36.7 Å². The van der Waals surface area contributed by atoms with E-state index in [-0.39, 0.29) is 6.03 Å². The second kappa shape index (κ2) is 7.44. The second-order valence-corrected chi connectivity index (χ2v) is 6.76. The highest BCUT2D eigenvalue weighted by molar-refractivity contribution is 7.18. The number of hydrogen-bond donors (Lipinski definition) is 1. The third-order valence-corrected chi connectivity index (χ3v) is 5.00. The van der Waals surface area contributed by atoms with Gasteiger partial charge in [-0.05, 0) is 19.1 Å². The Morgan fingerprint density at radius 3 is 2.96 bits per heavy atom. The SMILES string of the molecule is Cc1nccn1CCN(C)C(=O)NCCc1nc2ccccc2s1. The lowest BCUT2D eigenvalue weighted by Crippen LogP contribution is -2.39. The molecule has 0 bridgehead atoms. The number of urea groups is 1. The number of aromatic nitrogens is 3. The Hall–Kier alpha value is -2.41. The Morgan fingerprint density at radius 2 is 2.21 bits per heavy atom. The molecule has 2 aromatic heterocycles. The molecule has 0 saturated heterocycles. The third kappa shape index (κ3) is 3.91. The fourth-order valence-corrected chi connectivity index (χ4v) is 3.40. The molecule has 6 nitrogen and oxygen atoms in total. The summed E-state index contributed by atoms with van der Waals surface area (Å²) < 4.78 is 3.22. The summed E-state index contributed by atoms with van der Waals surface area (Å²) in [6.07, 6.45) is 4.45.